The average molecular weight is 464 g/mol. The molecule has 30 heavy (non-hydrogen) atoms. The Morgan fingerprint density at radius 1 is 1.07 bits per heavy atom. The number of likely N-dealkylation sites (tertiary alicyclic amines) is 1. The molecule has 2 aromatic carbocycles. The summed E-state index contributed by atoms with van der Waals surface area (Å²) in [5, 5.41) is 2.99. The highest BCUT2D eigenvalue weighted by atomic mass is 35.5. The van der Waals surface area contributed by atoms with Crippen molar-refractivity contribution in [1.29, 1.82) is 0 Å². The molecule has 166 valence electrons. The van der Waals surface area contributed by atoms with Crippen LogP contribution in [0.15, 0.2) is 54.6 Å². The minimum Gasteiger partial charge on any atom is -0.351 e. The lowest BCUT2D eigenvalue weighted by Crippen LogP contribution is -2.47. The van der Waals surface area contributed by atoms with Gasteiger partial charge in [0.15, 0.2) is 0 Å². The molecular formula is C21H26Cl2F3N3O. The summed E-state index contributed by atoms with van der Waals surface area (Å²) in [5.74, 6) is -0.176. The molecule has 0 aliphatic carbocycles. The molecule has 0 radical (unpaired) electrons. The van der Waals surface area contributed by atoms with Gasteiger partial charge in [0.1, 0.15) is 0 Å². The zero-order valence-electron chi connectivity index (χ0n) is 16.3. The molecule has 9 heteroatoms. The second kappa shape index (κ2) is 11.6. The Morgan fingerprint density at radius 2 is 1.70 bits per heavy atom. The Bertz CT molecular complexity index is 788. The van der Waals surface area contributed by atoms with Crippen LogP contribution < -0.4 is 11.1 Å². The van der Waals surface area contributed by atoms with Crippen molar-refractivity contribution < 1.29 is 18.0 Å². The minimum absolute atomic E-state index is 0. The van der Waals surface area contributed by atoms with Crippen molar-refractivity contribution in [3.05, 3.63) is 71.3 Å². The average Bonchev–Trinajstić information content (AvgIpc) is 3.09. The standard InChI is InChI=1S/C21H24F3N3O.2ClH/c22-21(23,24)17-8-6-16(7-9-17)13-27-11-10-18(14-27)26-20(28)19(25)12-15-4-2-1-3-5-15;;/h1-9,18-19H,10-14,25H2,(H,26,28);2*1H. The highest BCUT2D eigenvalue weighted by Crippen LogP contribution is 2.29. The molecule has 1 fully saturated rings. The van der Waals surface area contributed by atoms with Crippen LogP contribution in [0.3, 0.4) is 0 Å². The van der Waals surface area contributed by atoms with E-state index in [1.165, 1.54) is 12.1 Å². The van der Waals surface area contributed by atoms with Crippen LogP contribution >= 0.6 is 24.8 Å². The largest absolute Gasteiger partial charge is 0.416 e. The number of carbonyl (C=O) groups is 1. The van der Waals surface area contributed by atoms with Crippen LogP contribution in [-0.4, -0.2) is 36.0 Å². The van der Waals surface area contributed by atoms with Gasteiger partial charge in [0, 0.05) is 25.7 Å². The summed E-state index contributed by atoms with van der Waals surface area (Å²) in [5.41, 5.74) is 7.21. The Kier molecular flexibility index (Phi) is 10.1. The molecule has 0 saturated carbocycles. The molecule has 0 bridgehead atoms. The van der Waals surface area contributed by atoms with Crippen molar-refractivity contribution >= 4 is 30.7 Å². The van der Waals surface area contributed by atoms with Crippen molar-refractivity contribution in [2.75, 3.05) is 13.1 Å². The number of benzene rings is 2. The van der Waals surface area contributed by atoms with Crippen LogP contribution in [0.25, 0.3) is 0 Å². The summed E-state index contributed by atoms with van der Waals surface area (Å²) in [6.07, 6.45) is -3.04. The quantitative estimate of drug-likeness (QED) is 0.684. The van der Waals surface area contributed by atoms with E-state index in [0.717, 1.165) is 36.2 Å². The number of nitrogens with two attached hydrogens (primary N) is 1. The van der Waals surface area contributed by atoms with Crippen LogP contribution in [0.1, 0.15) is 23.1 Å². The van der Waals surface area contributed by atoms with E-state index in [4.69, 9.17) is 5.73 Å². The number of rotatable bonds is 6. The van der Waals surface area contributed by atoms with Gasteiger partial charge in [-0.2, -0.15) is 13.2 Å². The van der Waals surface area contributed by atoms with Gasteiger partial charge in [-0.15, -0.1) is 24.8 Å². The first-order chi connectivity index (χ1) is 13.3. The summed E-state index contributed by atoms with van der Waals surface area (Å²) < 4.78 is 37.9. The van der Waals surface area contributed by atoms with E-state index in [2.05, 4.69) is 10.2 Å². The number of nitrogens with one attached hydrogen (secondary N) is 1. The molecule has 1 aliphatic rings. The maximum absolute atomic E-state index is 12.6. The minimum atomic E-state index is -4.32. The molecule has 4 nitrogen and oxygen atoms in total. The Balaban J connectivity index is 0.00000225. The van der Waals surface area contributed by atoms with Gasteiger partial charge in [-0.25, -0.2) is 0 Å². The van der Waals surface area contributed by atoms with E-state index in [1.807, 2.05) is 30.3 Å². The van der Waals surface area contributed by atoms with Gasteiger partial charge in [0.2, 0.25) is 5.91 Å². The fourth-order valence-corrected chi connectivity index (χ4v) is 3.42. The molecule has 0 aromatic heterocycles. The third kappa shape index (κ3) is 7.47. The fourth-order valence-electron chi connectivity index (χ4n) is 3.42. The number of hydrogen-bond donors (Lipinski definition) is 2. The van der Waals surface area contributed by atoms with Crippen molar-refractivity contribution in [2.45, 2.75) is 37.6 Å². The number of amides is 1. The normalized spacial score (nSPS) is 17.5. The van der Waals surface area contributed by atoms with E-state index >= 15 is 0 Å². The molecule has 0 spiro atoms. The lowest BCUT2D eigenvalue weighted by Gasteiger charge is -2.19. The molecule has 1 saturated heterocycles. The highest BCUT2D eigenvalue weighted by molar-refractivity contribution is 5.85. The Labute approximate surface area is 186 Å². The first kappa shape index (κ1) is 26.2. The molecule has 3 rings (SSSR count). The van der Waals surface area contributed by atoms with Crippen molar-refractivity contribution in [3.63, 3.8) is 0 Å². The summed E-state index contributed by atoms with van der Waals surface area (Å²) in [4.78, 5) is 14.5. The molecular weight excluding hydrogens is 438 g/mol. The van der Waals surface area contributed by atoms with Gasteiger partial charge in [0.05, 0.1) is 11.6 Å². The number of hydrogen-bond acceptors (Lipinski definition) is 3. The third-order valence-electron chi connectivity index (χ3n) is 4.94. The topological polar surface area (TPSA) is 58.4 Å². The van der Waals surface area contributed by atoms with Gasteiger partial charge < -0.3 is 11.1 Å². The molecule has 3 N–H and O–H groups in total. The lowest BCUT2D eigenvalue weighted by molar-refractivity contribution is -0.137. The smallest absolute Gasteiger partial charge is 0.351 e. The van der Waals surface area contributed by atoms with Crippen molar-refractivity contribution in [1.82, 2.24) is 10.2 Å². The SMILES string of the molecule is Cl.Cl.NC(Cc1ccccc1)C(=O)NC1CCN(Cc2ccc(C(F)(F)F)cc2)C1. The van der Waals surface area contributed by atoms with Crippen molar-refractivity contribution in [2.24, 2.45) is 5.73 Å². The maximum atomic E-state index is 12.6. The fraction of sp³-hybridized carbons (Fsp3) is 0.381. The zero-order chi connectivity index (χ0) is 20.1. The molecule has 1 aliphatic heterocycles. The van der Waals surface area contributed by atoms with Crippen molar-refractivity contribution in [3.8, 4) is 0 Å². The molecule has 2 atom stereocenters. The monoisotopic (exact) mass is 463 g/mol. The van der Waals surface area contributed by atoms with Crippen LogP contribution in [0.5, 0.6) is 0 Å². The predicted molar refractivity (Wildman–Crippen MR) is 116 cm³/mol. The van der Waals surface area contributed by atoms with E-state index in [0.29, 0.717) is 19.5 Å². The first-order valence-electron chi connectivity index (χ1n) is 9.29. The van der Waals surface area contributed by atoms with E-state index in [-0.39, 0.29) is 36.8 Å². The summed E-state index contributed by atoms with van der Waals surface area (Å²) in [6.45, 7) is 1.99. The maximum Gasteiger partial charge on any atom is 0.416 e. The van der Waals surface area contributed by atoms with Gasteiger partial charge in [0.25, 0.3) is 0 Å². The molecule has 2 aromatic rings. The Morgan fingerprint density at radius 3 is 2.30 bits per heavy atom. The third-order valence-corrected chi connectivity index (χ3v) is 4.94. The highest BCUT2D eigenvalue weighted by Gasteiger charge is 2.30. The summed E-state index contributed by atoms with van der Waals surface area (Å²) >= 11 is 0. The van der Waals surface area contributed by atoms with E-state index in [9.17, 15) is 18.0 Å². The zero-order valence-corrected chi connectivity index (χ0v) is 17.9. The lowest BCUT2D eigenvalue weighted by atomic mass is 10.1. The predicted octanol–water partition coefficient (Wildman–Crippen LogP) is 3.81. The van der Waals surface area contributed by atoms with Crippen LogP contribution in [-0.2, 0) is 23.9 Å². The first-order valence-corrected chi connectivity index (χ1v) is 9.29. The van der Waals surface area contributed by atoms with Gasteiger partial charge in [-0.3, -0.25) is 9.69 Å². The number of alkyl halides is 3. The van der Waals surface area contributed by atoms with Gasteiger partial charge >= 0.3 is 6.18 Å². The van der Waals surface area contributed by atoms with Gasteiger partial charge in [-0.1, -0.05) is 42.5 Å². The molecule has 1 heterocycles. The summed E-state index contributed by atoms with van der Waals surface area (Å²) in [7, 11) is 0. The number of nitrogens with zero attached hydrogens (tertiary/aromatic N) is 1. The van der Waals surface area contributed by atoms with Crippen LogP contribution in [0, 0.1) is 0 Å². The van der Waals surface area contributed by atoms with E-state index in [1.54, 1.807) is 0 Å². The molecule has 1 amide bonds. The number of carbonyl (C=O) groups excluding carboxylic acids is 1. The van der Waals surface area contributed by atoms with Crippen LogP contribution in [0.4, 0.5) is 13.2 Å². The summed E-state index contributed by atoms with van der Waals surface area (Å²) in [6, 6.07) is 14.2. The van der Waals surface area contributed by atoms with Crippen LogP contribution in [0.2, 0.25) is 0 Å². The van der Waals surface area contributed by atoms with Gasteiger partial charge in [-0.05, 0) is 36.1 Å². The second-order valence-electron chi connectivity index (χ2n) is 7.22. The molecule has 2 unspecified atom stereocenters. The van der Waals surface area contributed by atoms with E-state index < -0.39 is 17.8 Å². The second-order valence-corrected chi connectivity index (χ2v) is 7.22. The Hall–Kier alpha value is -1.80. The number of halogens is 5.